The minimum atomic E-state index is -0.907. The molecule has 1 aliphatic heterocycles. The zero-order valence-electron chi connectivity index (χ0n) is 29.8. The van der Waals surface area contributed by atoms with Crippen LogP contribution in [-0.4, -0.2) is 90.8 Å². The number of carbonyl (C=O) groups excluding carboxylic acids is 5. The minimum absolute atomic E-state index is 0.187. The SMILES string of the molecule is C=CC[C@H](NC(C)=O)C(=O)NC[C@@]12C[C@@H](C(=O)Nc3nc(Br)ccc3COC)N(C(=O)Cn3nc(C(C)=O)c4cc(-c5cnc(C)nc5)ccc43)[C@@H]1C2. The lowest BCUT2D eigenvalue weighted by Gasteiger charge is -2.27. The number of nitrogens with one attached hydrogen (secondary N) is 3. The van der Waals surface area contributed by atoms with E-state index in [0.29, 0.717) is 39.1 Å². The summed E-state index contributed by atoms with van der Waals surface area (Å²) < 4.78 is 7.30. The Morgan fingerprint density at radius 2 is 1.85 bits per heavy atom. The van der Waals surface area contributed by atoms with Gasteiger partial charge in [-0.25, -0.2) is 15.0 Å². The molecule has 2 fully saturated rings. The van der Waals surface area contributed by atoms with E-state index in [9.17, 15) is 24.0 Å². The lowest BCUT2D eigenvalue weighted by molar-refractivity contribution is -0.138. The molecule has 15 nitrogen and oxygen atoms in total. The van der Waals surface area contributed by atoms with Gasteiger partial charge in [-0.2, -0.15) is 5.10 Å². The molecule has 2 aliphatic rings. The van der Waals surface area contributed by atoms with E-state index >= 15 is 0 Å². The smallest absolute Gasteiger partial charge is 0.248 e. The summed E-state index contributed by atoms with van der Waals surface area (Å²) >= 11 is 3.36. The molecule has 0 spiro atoms. The summed E-state index contributed by atoms with van der Waals surface area (Å²) in [5, 5.41) is 13.6. The number of amides is 4. The van der Waals surface area contributed by atoms with Crippen molar-refractivity contribution in [3.8, 4) is 11.1 Å². The quantitative estimate of drug-likeness (QED) is 0.0970. The Labute approximate surface area is 314 Å². The number of piperidine rings is 1. The van der Waals surface area contributed by atoms with Crippen LogP contribution in [0.15, 0.2) is 60.0 Å². The van der Waals surface area contributed by atoms with Gasteiger partial charge in [0.05, 0.1) is 12.1 Å². The Morgan fingerprint density at radius 1 is 1.09 bits per heavy atom. The van der Waals surface area contributed by atoms with Crippen molar-refractivity contribution in [2.24, 2.45) is 5.41 Å². The summed E-state index contributed by atoms with van der Waals surface area (Å²) in [5.41, 5.74) is 2.40. The third-order valence-corrected chi connectivity index (χ3v) is 10.1. The Morgan fingerprint density at radius 3 is 2.53 bits per heavy atom. The number of hydrogen-bond donors (Lipinski definition) is 3. The van der Waals surface area contributed by atoms with Gasteiger partial charge in [-0.3, -0.25) is 28.7 Å². The molecule has 0 bridgehead atoms. The zero-order chi connectivity index (χ0) is 38.0. The summed E-state index contributed by atoms with van der Waals surface area (Å²) in [4.78, 5) is 80.7. The maximum atomic E-state index is 14.4. The van der Waals surface area contributed by atoms with E-state index in [1.165, 1.54) is 25.6 Å². The van der Waals surface area contributed by atoms with Crippen molar-refractivity contribution in [1.29, 1.82) is 0 Å². The molecule has 16 heteroatoms. The van der Waals surface area contributed by atoms with Crippen LogP contribution in [0.1, 0.15) is 55.0 Å². The van der Waals surface area contributed by atoms with E-state index in [0.717, 1.165) is 11.1 Å². The van der Waals surface area contributed by atoms with Crippen LogP contribution in [0.2, 0.25) is 0 Å². The molecule has 1 saturated heterocycles. The van der Waals surface area contributed by atoms with Crippen molar-refractivity contribution < 1.29 is 28.7 Å². The molecule has 6 rings (SSSR count). The second-order valence-corrected chi connectivity index (χ2v) is 14.3. The van der Waals surface area contributed by atoms with Crippen LogP contribution in [-0.2, 0) is 37.1 Å². The van der Waals surface area contributed by atoms with Crippen molar-refractivity contribution in [3.63, 3.8) is 0 Å². The Kier molecular flexibility index (Phi) is 10.8. The Balaban J connectivity index is 1.29. The number of rotatable bonds is 14. The lowest BCUT2D eigenvalue weighted by atomic mass is 9.98. The van der Waals surface area contributed by atoms with E-state index in [1.807, 2.05) is 12.1 Å². The van der Waals surface area contributed by atoms with Gasteiger partial charge in [0.15, 0.2) is 5.78 Å². The van der Waals surface area contributed by atoms with Gasteiger partial charge in [0, 0.05) is 67.9 Å². The molecule has 1 saturated carbocycles. The normalized spacial score (nSPS) is 19.3. The molecular weight excluding hydrogens is 746 g/mol. The average Bonchev–Trinajstić information content (AvgIpc) is 3.54. The first-order chi connectivity index (χ1) is 25.3. The first kappa shape index (κ1) is 37.4. The lowest BCUT2D eigenvalue weighted by Crippen LogP contribution is -2.47. The fourth-order valence-corrected chi connectivity index (χ4v) is 7.34. The van der Waals surface area contributed by atoms with Crippen LogP contribution >= 0.6 is 15.9 Å². The van der Waals surface area contributed by atoms with Crippen LogP contribution in [0.4, 0.5) is 5.82 Å². The average molecular weight is 787 g/mol. The van der Waals surface area contributed by atoms with Gasteiger partial charge >= 0.3 is 0 Å². The number of likely N-dealkylation sites (tertiary alicyclic amines) is 1. The van der Waals surface area contributed by atoms with Gasteiger partial charge in [-0.05, 0) is 65.9 Å². The van der Waals surface area contributed by atoms with Gasteiger partial charge in [0.25, 0.3) is 0 Å². The van der Waals surface area contributed by atoms with Gasteiger partial charge in [-0.15, -0.1) is 6.58 Å². The van der Waals surface area contributed by atoms with Crippen molar-refractivity contribution in [1.82, 2.24) is 40.3 Å². The highest BCUT2D eigenvalue weighted by Crippen LogP contribution is 2.59. The molecule has 3 aromatic heterocycles. The summed E-state index contributed by atoms with van der Waals surface area (Å²) in [6, 6.07) is 6.93. The van der Waals surface area contributed by atoms with Crippen LogP contribution in [0.25, 0.3) is 22.0 Å². The highest BCUT2D eigenvalue weighted by Gasteiger charge is 2.67. The first-order valence-electron chi connectivity index (χ1n) is 17.1. The third-order valence-electron chi connectivity index (χ3n) is 9.69. The number of nitrogens with zero attached hydrogens (tertiary/aromatic N) is 6. The second-order valence-electron chi connectivity index (χ2n) is 13.5. The fraction of sp³-hybridized carbons (Fsp3) is 0.378. The number of hydrogen-bond acceptors (Lipinski definition) is 10. The van der Waals surface area contributed by atoms with Crippen LogP contribution in [0.3, 0.4) is 0 Å². The summed E-state index contributed by atoms with van der Waals surface area (Å²) in [5.74, 6) is -0.895. The summed E-state index contributed by atoms with van der Waals surface area (Å²) in [6.07, 6.45) is 6.03. The number of benzene rings is 1. The molecule has 53 heavy (non-hydrogen) atoms. The molecule has 1 aliphatic carbocycles. The number of carbonyl (C=O) groups is 5. The van der Waals surface area contributed by atoms with Crippen molar-refractivity contribution in [3.05, 3.63) is 77.1 Å². The minimum Gasteiger partial charge on any atom is -0.380 e. The Hall–Kier alpha value is -5.35. The predicted octanol–water partition coefficient (Wildman–Crippen LogP) is 3.50. The number of fused-ring (bicyclic) bond motifs is 2. The van der Waals surface area contributed by atoms with E-state index in [1.54, 1.807) is 48.5 Å². The number of aryl methyl sites for hydroxylation is 1. The van der Waals surface area contributed by atoms with Crippen molar-refractivity contribution >= 4 is 62.1 Å². The third kappa shape index (κ3) is 7.88. The predicted molar refractivity (Wildman–Crippen MR) is 198 cm³/mol. The number of halogens is 1. The second kappa shape index (κ2) is 15.3. The van der Waals surface area contributed by atoms with Crippen LogP contribution < -0.4 is 16.0 Å². The highest BCUT2D eigenvalue weighted by molar-refractivity contribution is 9.10. The molecule has 276 valence electrons. The monoisotopic (exact) mass is 785 g/mol. The first-order valence-corrected chi connectivity index (χ1v) is 17.9. The number of aromatic nitrogens is 5. The summed E-state index contributed by atoms with van der Waals surface area (Å²) in [7, 11) is 1.54. The number of ether oxygens (including phenoxy) is 1. The molecule has 4 atom stereocenters. The Bertz CT molecular complexity index is 2120. The van der Waals surface area contributed by atoms with E-state index in [2.05, 4.69) is 58.5 Å². The van der Waals surface area contributed by atoms with Crippen LogP contribution in [0, 0.1) is 12.3 Å². The van der Waals surface area contributed by atoms with Gasteiger partial charge < -0.3 is 25.6 Å². The van der Waals surface area contributed by atoms with Crippen molar-refractivity contribution in [2.75, 3.05) is 19.0 Å². The number of pyridine rings is 1. The van der Waals surface area contributed by atoms with E-state index in [-0.39, 0.29) is 67.8 Å². The van der Waals surface area contributed by atoms with Gasteiger partial charge in [-0.1, -0.05) is 18.2 Å². The van der Waals surface area contributed by atoms with Crippen molar-refractivity contribution in [2.45, 2.75) is 71.3 Å². The fourth-order valence-electron chi connectivity index (χ4n) is 7.03. The molecule has 0 radical (unpaired) electrons. The zero-order valence-corrected chi connectivity index (χ0v) is 31.4. The number of Topliss-reactive ketones (excluding diaryl/α,β-unsaturated/α-hetero) is 1. The molecular formula is C37H40BrN9O6. The maximum absolute atomic E-state index is 14.4. The largest absolute Gasteiger partial charge is 0.380 e. The highest BCUT2D eigenvalue weighted by atomic mass is 79.9. The standard InChI is InChI=1S/C37H40BrN9O6/c1-6-7-27(42-22(4)49)35(51)41-19-37-13-29(36(52)44-34-24(18-53-5)9-11-31(38)43-34)47(30(37)14-37)32(50)17-46-28-10-8-23(25-15-39-21(3)40-16-25)12-26(28)33(45-46)20(2)48/h6,8-12,15-16,27,29-30H,1,7,13-14,17-19H2,2-5H3,(H,41,51)(H,42,49)(H,43,44,52)/t27-,29-,30+,37-/m0/s1. The van der Waals surface area contributed by atoms with Gasteiger partial charge in [0.2, 0.25) is 23.6 Å². The summed E-state index contributed by atoms with van der Waals surface area (Å²) in [6.45, 7) is 8.38. The molecule has 4 aromatic rings. The molecule has 4 heterocycles. The van der Waals surface area contributed by atoms with Gasteiger partial charge in [0.1, 0.15) is 40.6 Å². The van der Waals surface area contributed by atoms with Crippen LogP contribution in [0.5, 0.6) is 0 Å². The van der Waals surface area contributed by atoms with E-state index < -0.39 is 23.4 Å². The number of ketones is 1. The number of methoxy groups -OCH3 is 1. The number of anilines is 1. The molecule has 0 unspecified atom stereocenters. The topological polar surface area (TPSA) is 190 Å². The maximum Gasteiger partial charge on any atom is 0.248 e. The van der Waals surface area contributed by atoms with E-state index in [4.69, 9.17) is 4.74 Å². The molecule has 4 amide bonds. The molecule has 1 aromatic carbocycles. The molecule has 3 N–H and O–H groups in total.